The van der Waals surface area contributed by atoms with E-state index in [4.69, 9.17) is 0 Å². The lowest BCUT2D eigenvalue weighted by molar-refractivity contribution is -0.121. The van der Waals surface area contributed by atoms with E-state index in [1.807, 2.05) is 84.4 Å². The highest BCUT2D eigenvalue weighted by atomic mass is 16.1. The van der Waals surface area contributed by atoms with Gasteiger partial charge >= 0.3 is 0 Å². The van der Waals surface area contributed by atoms with Gasteiger partial charge in [0, 0.05) is 30.4 Å². The molecule has 4 rings (SSSR count). The molecule has 1 aromatic carbocycles. The molecule has 0 fully saturated rings. The zero-order valence-electron chi connectivity index (χ0n) is 15.7. The van der Waals surface area contributed by atoms with Gasteiger partial charge in [0.15, 0.2) is 0 Å². The molecule has 0 aliphatic rings. The van der Waals surface area contributed by atoms with Crippen LogP contribution < -0.4 is 5.32 Å². The van der Waals surface area contributed by atoms with E-state index in [0.717, 1.165) is 28.2 Å². The summed E-state index contributed by atoms with van der Waals surface area (Å²) in [6.07, 6.45) is 5.90. The number of carbonyl (C=O) groups excluding carboxylic acids is 1. The highest BCUT2D eigenvalue weighted by Gasteiger charge is 2.19. The van der Waals surface area contributed by atoms with Crippen LogP contribution in [0.15, 0.2) is 79.3 Å². The molecular weight excluding hydrogens is 348 g/mol. The normalized spacial score (nSPS) is 12.0. The molecule has 1 N–H and O–H groups in total. The van der Waals surface area contributed by atoms with Gasteiger partial charge in [0.25, 0.3) is 0 Å². The average Bonchev–Trinajstić information content (AvgIpc) is 3.16. The number of fused-ring (bicyclic) bond motifs is 1. The third-order valence-electron chi connectivity index (χ3n) is 4.91. The Morgan fingerprint density at radius 1 is 1.04 bits per heavy atom. The molecule has 0 saturated carbocycles. The predicted octanol–water partition coefficient (Wildman–Crippen LogP) is 3.88. The Hall–Kier alpha value is -3.47. The number of nitrogens with one attached hydrogen (secondary N) is 1. The Labute approximate surface area is 164 Å². The van der Waals surface area contributed by atoms with Gasteiger partial charge in [-0.25, -0.2) is 4.98 Å². The van der Waals surface area contributed by atoms with Crippen LogP contribution in [0.2, 0.25) is 0 Å². The second-order valence-electron chi connectivity index (χ2n) is 6.83. The quantitative estimate of drug-likeness (QED) is 0.560. The second kappa shape index (κ2) is 8.05. The van der Waals surface area contributed by atoms with Crippen molar-refractivity contribution in [3.8, 4) is 0 Å². The van der Waals surface area contributed by atoms with E-state index < -0.39 is 0 Å². The first-order valence-corrected chi connectivity index (χ1v) is 9.36. The number of pyridine rings is 2. The number of hydrogen-bond donors (Lipinski definition) is 1. The van der Waals surface area contributed by atoms with Gasteiger partial charge in [-0.1, -0.05) is 42.5 Å². The molecule has 0 unspecified atom stereocenters. The van der Waals surface area contributed by atoms with Crippen molar-refractivity contribution in [3.05, 3.63) is 102 Å². The fourth-order valence-electron chi connectivity index (χ4n) is 3.44. The number of benzene rings is 1. The van der Waals surface area contributed by atoms with Crippen molar-refractivity contribution in [1.82, 2.24) is 19.7 Å². The van der Waals surface area contributed by atoms with Crippen LogP contribution in [0.3, 0.4) is 0 Å². The number of hydrogen-bond acceptors (Lipinski definition) is 3. The summed E-state index contributed by atoms with van der Waals surface area (Å²) in [4.78, 5) is 21.7. The second-order valence-corrected chi connectivity index (χ2v) is 6.83. The molecule has 1 amide bonds. The smallest absolute Gasteiger partial charge is 0.221 e. The first kappa shape index (κ1) is 17.9. The Morgan fingerprint density at radius 2 is 1.86 bits per heavy atom. The number of nitrogens with zero attached hydrogens (tertiary/aromatic N) is 3. The third kappa shape index (κ3) is 3.78. The molecule has 0 aliphatic heterocycles. The van der Waals surface area contributed by atoms with Crippen molar-refractivity contribution < 1.29 is 4.79 Å². The van der Waals surface area contributed by atoms with Crippen molar-refractivity contribution in [2.45, 2.75) is 25.8 Å². The maximum atomic E-state index is 12.7. The number of imidazole rings is 1. The molecule has 3 heterocycles. The molecule has 0 aliphatic carbocycles. The van der Waals surface area contributed by atoms with E-state index in [2.05, 4.69) is 15.3 Å². The average molecular weight is 370 g/mol. The minimum absolute atomic E-state index is 0.0119. The standard InChI is InChI=1S/C23H22N4O/c1-17-8-7-13-27-19(16-26-23(17)27)15-25-22(28)14-20(18-9-3-2-4-10-18)21-11-5-6-12-24-21/h2-13,16,20H,14-15H2,1H3,(H,25,28)/t20-/m1/s1. The lowest BCUT2D eigenvalue weighted by Gasteiger charge is -2.17. The first-order valence-electron chi connectivity index (χ1n) is 9.36. The summed E-state index contributed by atoms with van der Waals surface area (Å²) in [5.74, 6) is -0.0889. The molecule has 1 atom stereocenters. The number of aryl methyl sites for hydroxylation is 1. The summed E-state index contributed by atoms with van der Waals surface area (Å²) in [5.41, 5.74) is 4.97. The lowest BCUT2D eigenvalue weighted by atomic mass is 9.91. The number of aromatic nitrogens is 3. The molecule has 3 aromatic heterocycles. The highest BCUT2D eigenvalue weighted by Crippen LogP contribution is 2.26. The molecule has 5 heteroatoms. The summed E-state index contributed by atoms with van der Waals surface area (Å²) in [5, 5.41) is 3.04. The topological polar surface area (TPSA) is 59.3 Å². The van der Waals surface area contributed by atoms with Crippen LogP contribution in [-0.2, 0) is 11.3 Å². The largest absolute Gasteiger partial charge is 0.350 e. The van der Waals surface area contributed by atoms with Crippen LogP contribution in [0.1, 0.15) is 34.9 Å². The van der Waals surface area contributed by atoms with Crippen LogP contribution in [-0.4, -0.2) is 20.3 Å². The molecule has 0 radical (unpaired) electrons. The van der Waals surface area contributed by atoms with Gasteiger partial charge in [-0.15, -0.1) is 0 Å². The van der Waals surface area contributed by atoms with Gasteiger partial charge < -0.3 is 9.72 Å². The van der Waals surface area contributed by atoms with Gasteiger partial charge in [0.1, 0.15) is 5.65 Å². The number of carbonyl (C=O) groups is 1. The number of rotatable bonds is 6. The van der Waals surface area contributed by atoms with Gasteiger partial charge in [-0.3, -0.25) is 9.78 Å². The summed E-state index contributed by atoms with van der Waals surface area (Å²) in [6.45, 7) is 2.47. The maximum absolute atomic E-state index is 12.7. The summed E-state index contributed by atoms with van der Waals surface area (Å²) in [7, 11) is 0. The van der Waals surface area contributed by atoms with E-state index in [1.165, 1.54) is 0 Å². The molecular formula is C23H22N4O. The maximum Gasteiger partial charge on any atom is 0.221 e. The van der Waals surface area contributed by atoms with Gasteiger partial charge in [0.2, 0.25) is 5.91 Å². The van der Waals surface area contributed by atoms with Crippen molar-refractivity contribution in [2.75, 3.05) is 0 Å². The SMILES string of the molecule is Cc1cccn2c(CNC(=O)C[C@H](c3ccccc3)c3ccccn3)cnc12. The molecule has 0 saturated heterocycles. The van der Waals surface area contributed by atoms with E-state index in [0.29, 0.717) is 13.0 Å². The number of amides is 1. The van der Waals surface area contributed by atoms with E-state index >= 15 is 0 Å². The third-order valence-corrected chi connectivity index (χ3v) is 4.91. The highest BCUT2D eigenvalue weighted by molar-refractivity contribution is 5.77. The zero-order valence-corrected chi connectivity index (χ0v) is 15.7. The first-order chi connectivity index (χ1) is 13.7. The molecule has 140 valence electrons. The van der Waals surface area contributed by atoms with Gasteiger partial charge in [-0.2, -0.15) is 0 Å². The van der Waals surface area contributed by atoms with E-state index in [-0.39, 0.29) is 11.8 Å². The van der Waals surface area contributed by atoms with E-state index in [1.54, 1.807) is 6.20 Å². The van der Waals surface area contributed by atoms with Crippen molar-refractivity contribution in [3.63, 3.8) is 0 Å². The Bertz CT molecular complexity index is 1030. The Balaban J connectivity index is 1.49. The van der Waals surface area contributed by atoms with Crippen molar-refractivity contribution in [1.29, 1.82) is 0 Å². The summed E-state index contributed by atoms with van der Waals surface area (Å²) < 4.78 is 2.02. The van der Waals surface area contributed by atoms with E-state index in [9.17, 15) is 4.79 Å². The van der Waals surface area contributed by atoms with Crippen molar-refractivity contribution >= 4 is 11.6 Å². The van der Waals surface area contributed by atoms with Gasteiger partial charge in [0.05, 0.1) is 18.4 Å². The van der Waals surface area contributed by atoms with Crippen molar-refractivity contribution in [2.24, 2.45) is 0 Å². The summed E-state index contributed by atoms with van der Waals surface area (Å²) >= 11 is 0. The molecule has 28 heavy (non-hydrogen) atoms. The van der Waals surface area contributed by atoms with Gasteiger partial charge in [-0.05, 0) is 36.2 Å². The molecule has 4 aromatic rings. The van der Waals surface area contributed by atoms with Crippen LogP contribution >= 0.6 is 0 Å². The minimum atomic E-state index is -0.0770. The molecule has 0 bridgehead atoms. The van der Waals surface area contributed by atoms with Crippen LogP contribution in [0.5, 0.6) is 0 Å². The Morgan fingerprint density at radius 3 is 2.64 bits per heavy atom. The monoisotopic (exact) mass is 370 g/mol. The zero-order chi connectivity index (χ0) is 19.3. The molecule has 0 spiro atoms. The Kier molecular flexibility index (Phi) is 5.15. The van der Waals surface area contributed by atoms with Crippen LogP contribution in [0.25, 0.3) is 5.65 Å². The molecule has 5 nitrogen and oxygen atoms in total. The lowest BCUT2D eigenvalue weighted by Crippen LogP contribution is -2.25. The van der Waals surface area contributed by atoms with Crippen LogP contribution in [0, 0.1) is 6.92 Å². The summed E-state index contributed by atoms with van der Waals surface area (Å²) in [6, 6.07) is 19.9. The minimum Gasteiger partial charge on any atom is -0.350 e. The predicted molar refractivity (Wildman–Crippen MR) is 109 cm³/mol. The van der Waals surface area contributed by atoms with Crippen LogP contribution in [0.4, 0.5) is 0 Å². The fourth-order valence-corrected chi connectivity index (χ4v) is 3.44. The fraction of sp³-hybridized carbons (Fsp3) is 0.174.